The van der Waals surface area contributed by atoms with Crippen LogP contribution in [-0.4, -0.2) is 59.2 Å². The fourth-order valence-electron chi connectivity index (χ4n) is 4.15. The molecule has 2 aliphatic heterocycles. The monoisotopic (exact) mass is 399 g/mol. The molecule has 29 heavy (non-hydrogen) atoms. The standard InChI is InChI=1S/C23H33N3O3/c1-15(2)17-5-7-18(8-6-17)23(29)25-11-9-20(10-12-25)24-22(28)19-13-21(27)26(14-19)16(3)4/h5-8,15-16,19-20H,9-14H2,1-4H3,(H,24,28). The van der Waals surface area contributed by atoms with Crippen molar-refractivity contribution in [2.75, 3.05) is 19.6 Å². The number of likely N-dealkylation sites (tertiary alicyclic amines) is 2. The highest BCUT2D eigenvalue weighted by molar-refractivity contribution is 5.94. The molecule has 2 heterocycles. The largest absolute Gasteiger partial charge is 0.353 e. The predicted molar refractivity (Wildman–Crippen MR) is 113 cm³/mol. The summed E-state index contributed by atoms with van der Waals surface area (Å²) in [6, 6.07) is 8.05. The molecule has 158 valence electrons. The molecule has 6 heteroatoms. The molecule has 3 rings (SSSR count). The lowest BCUT2D eigenvalue weighted by Crippen LogP contribution is -2.48. The van der Waals surface area contributed by atoms with Crippen molar-refractivity contribution in [2.45, 2.75) is 65.0 Å². The van der Waals surface area contributed by atoms with E-state index in [0.717, 1.165) is 18.4 Å². The van der Waals surface area contributed by atoms with Gasteiger partial charge in [-0.05, 0) is 50.3 Å². The Morgan fingerprint density at radius 1 is 1.03 bits per heavy atom. The Hall–Kier alpha value is -2.37. The van der Waals surface area contributed by atoms with E-state index in [1.807, 2.05) is 43.0 Å². The highest BCUT2D eigenvalue weighted by Gasteiger charge is 2.36. The van der Waals surface area contributed by atoms with Crippen LogP contribution in [0.3, 0.4) is 0 Å². The molecule has 0 aliphatic carbocycles. The maximum atomic E-state index is 12.8. The van der Waals surface area contributed by atoms with Gasteiger partial charge in [-0.25, -0.2) is 0 Å². The zero-order valence-corrected chi connectivity index (χ0v) is 18.0. The SMILES string of the molecule is CC(C)c1ccc(C(=O)N2CCC(NC(=O)C3CC(=O)N(C(C)C)C3)CC2)cc1. The van der Waals surface area contributed by atoms with E-state index in [0.29, 0.717) is 32.0 Å². The minimum Gasteiger partial charge on any atom is -0.353 e. The lowest BCUT2D eigenvalue weighted by molar-refractivity contribution is -0.130. The molecule has 0 saturated carbocycles. The summed E-state index contributed by atoms with van der Waals surface area (Å²) >= 11 is 0. The van der Waals surface area contributed by atoms with Gasteiger partial charge in [-0.1, -0.05) is 26.0 Å². The van der Waals surface area contributed by atoms with Crippen LogP contribution in [-0.2, 0) is 9.59 Å². The second-order valence-corrected chi connectivity index (χ2v) is 8.89. The number of carbonyl (C=O) groups excluding carboxylic acids is 3. The Bertz CT molecular complexity index is 749. The Labute approximate surface area is 173 Å². The summed E-state index contributed by atoms with van der Waals surface area (Å²) in [5.41, 5.74) is 1.94. The minimum absolute atomic E-state index is 0.0319. The minimum atomic E-state index is -0.260. The van der Waals surface area contributed by atoms with Crippen molar-refractivity contribution in [3.63, 3.8) is 0 Å². The first-order chi connectivity index (χ1) is 13.8. The van der Waals surface area contributed by atoms with E-state index in [9.17, 15) is 14.4 Å². The van der Waals surface area contributed by atoms with Crippen molar-refractivity contribution in [3.05, 3.63) is 35.4 Å². The van der Waals surface area contributed by atoms with Crippen molar-refractivity contribution in [3.8, 4) is 0 Å². The number of piperidine rings is 1. The molecule has 2 fully saturated rings. The molecular weight excluding hydrogens is 366 g/mol. The van der Waals surface area contributed by atoms with Gasteiger partial charge < -0.3 is 15.1 Å². The maximum Gasteiger partial charge on any atom is 0.253 e. The van der Waals surface area contributed by atoms with Crippen LogP contribution >= 0.6 is 0 Å². The van der Waals surface area contributed by atoms with Crippen LogP contribution in [0.2, 0.25) is 0 Å². The highest BCUT2D eigenvalue weighted by Crippen LogP contribution is 2.22. The van der Waals surface area contributed by atoms with E-state index in [2.05, 4.69) is 19.2 Å². The van der Waals surface area contributed by atoms with Crippen LogP contribution < -0.4 is 5.32 Å². The van der Waals surface area contributed by atoms with Crippen LogP contribution in [0.15, 0.2) is 24.3 Å². The first-order valence-electron chi connectivity index (χ1n) is 10.7. The molecule has 1 aromatic rings. The van der Waals surface area contributed by atoms with Crippen LogP contribution in [0.25, 0.3) is 0 Å². The second-order valence-electron chi connectivity index (χ2n) is 8.89. The van der Waals surface area contributed by atoms with Gasteiger partial charge in [-0.3, -0.25) is 14.4 Å². The van der Waals surface area contributed by atoms with E-state index >= 15 is 0 Å². The average Bonchev–Trinajstić information content (AvgIpc) is 3.10. The summed E-state index contributed by atoms with van der Waals surface area (Å²) < 4.78 is 0. The summed E-state index contributed by atoms with van der Waals surface area (Å²) in [7, 11) is 0. The number of amides is 3. The quantitative estimate of drug-likeness (QED) is 0.828. The molecule has 3 amide bonds. The number of nitrogens with zero attached hydrogens (tertiary/aromatic N) is 2. The third-order valence-corrected chi connectivity index (χ3v) is 6.11. The van der Waals surface area contributed by atoms with Gasteiger partial charge in [0.05, 0.1) is 5.92 Å². The van der Waals surface area contributed by atoms with Gasteiger partial charge in [0.25, 0.3) is 5.91 Å². The van der Waals surface area contributed by atoms with Crippen LogP contribution in [0.5, 0.6) is 0 Å². The molecule has 0 aromatic heterocycles. The lowest BCUT2D eigenvalue weighted by Gasteiger charge is -2.33. The molecule has 1 aromatic carbocycles. The van der Waals surface area contributed by atoms with E-state index in [4.69, 9.17) is 0 Å². The predicted octanol–water partition coefficient (Wildman–Crippen LogP) is 2.79. The number of nitrogens with one attached hydrogen (secondary N) is 1. The molecule has 0 spiro atoms. The summed E-state index contributed by atoms with van der Waals surface area (Å²) in [6.45, 7) is 10.00. The molecule has 0 bridgehead atoms. The zero-order chi connectivity index (χ0) is 21.1. The summed E-state index contributed by atoms with van der Waals surface area (Å²) in [4.78, 5) is 41.0. The first-order valence-corrected chi connectivity index (χ1v) is 10.7. The van der Waals surface area contributed by atoms with Crippen molar-refractivity contribution < 1.29 is 14.4 Å². The third kappa shape index (κ3) is 4.98. The molecule has 1 N–H and O–H groups in total. The van der Waals surface area contributed by atoms with Gasteiger partial charge in [-0.2, -0.15) is 0 Å². The number of rotatable bonds is 5. The van der Waals surface area contributed by atoms with Crippen LogP contribution in [0, 0.1) is 5.92 Å². The van der Waals surface area contributed by atoms with Gasteiger partial charge in [-0.15, -0.1) is 0 Å². The number of carbonyl (C=O) groups is 3. The van der Waals surface area contributed by atoms with Crippen molar-refractivity contribution >= 4 is 17.7 Å². The van der Waals surface area contributed by atoms with E-state index < -0.39 is 0 Å². The molecule has 0 radical (unpaired) electrons. The lowest BCUT2D eigenvalue weighted by atomic mass is 10.00. The van der Waals surface area contributed by atoms with Gasteiger partial charge in [0.1, 0.15) is 0 Å². The van der Waals surface area contributed by atoms with E-state index in [1.54, 1.807) is 4.90 Å². The van der Waals surface area contributed by atoms with Gasteiger partial charge in [0.15, 0.2) is 0 Å². The van der Waals surface area contributed by atoms with Gasteiger partial charge >= 0.3 is 0 Å². The molecule has 6 nitrogen and oxygen atoms in total. The Morgan fingerprint density at radius 2 is 1.66 bits per heavy atom. The summed E-state index contributed by atoms with van der Waals surface area (Å²) in [5.74, 6) is 0.268. The average molecular weight is 400 g/mol. The first kappa shape index (κ1) is 21.3. The summed E-state index contributed by atoms with van der Waals surface area (Å²) in [6.07, 6.45) is 1.79. The summed E-state index contributed by atoms with van der Waals surface area (Å²) in [5, 5.41) is 3.10. The normalized spacial score (nSPS) is 20.6. The molecule has 1 unspecified atom stereocenters. The second kappa shape index (κ2) is 8.97. The van der Waals surface area contributed by atoms with Gasteiger partial charge in [0.2, 0.25) is 11.8 Å². The third-order valence-electron chi connectivity index (χ3n) is 6.11. The van der Waals surface area contributed by atoms with Crippen molar-refractivity contribution in [1.29, 1.82) is 0 Å². The number of hydrogen-bond acceptors (Lipinski definition) is 3. The smallest absolute Gasteiger partial charge is 0.253 e. The topological polar surface area (TPSA) is 69.7 Å². The van der Waals surface area contributed by atoms with Crippen LogP contribution in [0.1, 0.15) is 68.8 Å². The molecule has 2 saturated heterocycles. The molecule has 1 atom stereocenters. The van der Waals surface area contributed by atoms with Crippen molar-refractivity contribution in [2.24, 2.45) is 5.92 Å². The number of benzene rings is 1. The Morgan fingerprint density at radius 3 is 2.17 bits per heavy atom. The Kier molecular flexibility index (Phi) is 6.60. The van der Waals surface area contributed by atoms with Gasteiger partial charge in [0, 0.05) is 43.7 Å². The molecular formula is C23H33N3O3. The fraction of sp³-hybridized carbons (Fsp3) is 0.609. The highest BCUT2D eigenvalue weighted by atomic mass is 16.2. The van der Waals surface area contributed by atoms with E-state index in [1.165, 1.54) is 5.56 Å². The fourth-order valence-corrected chi connectivity index (χ4v) is 4.15. The van der Waals surface area contributed by atoms with Crippen molar-refractivity contribution in [1.82, 2.24) is 15.1 Å². The molecule has 2 aliphatic rings. The number of hydrogen-bond donors (Lipinski definition) is 1. The maximum absolute atomic E-state index is 12.8. The van der Waals surface area contributed by atoms with Crippen LogP contribution in [0.4, 0.5) is 0 Å². The Balaban J connectivity index is 1.48. The zero-order valence-electron chi connectivity index (χ0n) is 18.0. The van der Waals surface area contributed by atoms with E-state index in [-0.39, 0.29) is 35.7 Å².